The lowest BCUT2D eigenvalue weighted by Gasteiger charge is -2.24. The van der Waals surface area contributed by atoms with E-state index in [1.165, 1.54) is 18.6 Å². The minimum Gasteiger partial charge on any atom is -0.356 e. The molecule has 1 aliphatic rings. The van der Waals surface area contributed by atoms with Gasteiger partial charge < -0.3 is 10.6 Å². The Bertz CT molecular complexity index is 433. The third kappa shape index (κ3) is 7.27. The molecule has 1 aliphatic heterocycles. The van der Waals surface area contributed by atoms with E-state index in [9.17, 15) is 0 Å². The summed E-state index contributed by atoms with van der Waals surface area (Å²) in [6.45, 7) is 4.28. The highest BCUT2D eigenvalue weighted by Crippen LogP contribution is 2.36. The van der Waals surface area contributed by atoms with Crippen LogP contribution in [0.2, 0.25) is 0 Å². The van der Waals surface area contributed by atoms with Crippen LogP contribution in [0.3, 0.4) is 0 Å². The Morgan fingerprint density at radius 3 is 3.00 bits per heavy atom. The normalized spacial score (nSPS) is 21.5. The van der Waals surface area contributed by atoms with Gasteiger partial charge in [0.15, 0.2) is 5.96 Å². The maximum Gasteiger partial charge on any atom is 0.191 e. The number of halogens is 1. The van der Waals surface area contributed by atoms with Gasteiger partial charge in [-0.25, -0.2) is 4.98 Å². The number of nitrogens with zero attached hydrogens (tertiary/aromatic N) is 2. The molecule has 2 N–H and O–H groups in total. The summed E-state index contributed by atoms with van der Waals surface area (Å²) in [5.41, 5.74) is 0. The molecule has 0 bridgehead atoms. The zero-order valence-corrected chi connectivity index (χ0v) is 17.9. The minimum atomic E-state index is 0. The molecule has 1 fully saturated rings. The third-order valence-corrected chi connectivity index (χ3v) is 6.99. The van der Waals surface area contributed by atoms with E-state index in [2.05, 4.69) is 39.3 Å². The summed E-state index contributed by atoms with van der Waals surface area (Å²) in [6.07, 6.45) is 5.60. The highest BCUT2D eigenvalue weighted by Gasteiger charge is 2.29. The quantitative estimate of drug-likeness (QED) is 0.208. The Morgan fingerprint density at radius 2 is 2.36 bits per heavy atom. The molecule has 0 saturated carbocycles. The Balaban J connectivity index is 0.00000242. The Labute approximate surface area is 163 Å². The highest BCUT2D eigenvalue weighted by atomic mass is 127. The van der Waals surface area contributed by atoms with Crippen LogP contribution in [0.4, 0.5) is 0 Å². The van der Waals surface area contributed by atoms with Gasteiger partial charge in [0.25, 0.3) is 0 Å². The van der Waals surface area contributed by atoms with Gasteiger partial charge in [0.1, 0.15) is 4.34 Å². The first-order chi connectivity index (χ1) is 10.2. The molecule has 0 amide bonds. The molecule has 2 heterocycles. The fraction of sp³-hybridized carbons (Fsp3) is 0.714. The van der Waals surface area contributed by atoms with Crippen molar-refractivity contribution in [2.45, 2.75) is 35.3 Å². The van der Waals surface area contributed by atoms with E-state index in [4.69, 9.17) is 0 Å². The van der Waals surface area contributed by atoms with Crippen molar-refractivity contribution in [1.82, 2.24) is 15.6 Å². The zero-order chi connectivity index (χ0) is 15.0. The summed E-state index contributed by atoms with van der Waals surface area (Å²) in [5.74, 6) is 3.30. The predicted octanol–water partition coefficient (Wildman–Crippen LogP) is 3.69. The first-order valence-electron chi connectivity index (χ1n) is 7.33. The molecule has 1 saturated heterocycles. The molecule has 1 atom stereocenters. The van der Waals surface area contributed by atoms with Crippen LogP contribution in [-0.2, 0) is 0 Å². The molecular formula is C14H25IN4S3. The van der Waals surface area contributed by atoms with E-state index in [0.717, 1.165) is 35.6 Å². The second kappa shape index (κ2) is 11.0. The standard InChI is InChI=1S/C14H24N4S3.HI/c1-14(5-3-9-21-14)11-18-12(15-2)16-6-4-8-19-13-17-7-10-20-13;/h7,10H,3-6,8-9,11H2,1-2H3,(H2,15,16,18);1H. The van der Waals surface area contributed by atoms with Gasteiger partial charge in [-0.3, -0.25) is 4.99 Å². The number of aliphatic imine (C=N–C) groups is 1. The molecule has 4 nitrogen and oxygen atoms in total. The van der Waals surface area contributed by atoms with Crippen molar-refractivity contribution < 1.29 is 0 Å². The van der Waals surface area contributed by atoms with E-state index >= 15 is 0 Å². The number of hydrogen-bond donors (Lipinski definition) is 2. The Hall–Kier alpha value is 0.330. The van der Waals surface area contributed by atoms with Gasteiger partial charge in [0, 0.05) is 42.2 Å². The predicted molar refractivity (Wildman–Crippen MR) is 112 cm³/mol. The molecule has 22 heavy (non-hydrogen) atoms. The first-order valence-corrected chi connectivity index (χ1v) is 10.2. The van der Waals surface area contributed by atoms with Gasteiger partial charge in [0.05, 0.1) is 0 Å². The topological polar surface area (TPSA) is 49.3 Å². The van der Waals surface area contributed by atoms with Crippen molar-refractivity contribution in [3.63, 3.8) is 0 Å². The summed E-state index contributed by atoms with van der Waals surface area (Å²) in [7, 11) is 1.84. The lowest BCUT2D eigenvalue weighted by molar-refractivity contribution is 0.584. The van der Waals surface area contributed by atoms with Gasteiger partial charge in [0.2, 0.25) is 0 Å². The number of nitrogens with one attached hydrogen (secondary N) is 2. The smallest absolute Gasteiger partial charge is 0.191 e. The van der Waals surface area contributed by atoms with E-state index in [0.29, 0.717) is 4.75 Å². The average Bonchev–Trinajstić information content (AvgIpc) is 3.14. The van der Waals surface area contributed by atoms with Gasteiger partial charge in [-0.1, -0.05) is 11.8 Å². The van der Waals surface area contributed by atoms with Crippen LogP contribution >= 0.6 is 58.8 Å². The van der Waals surface area contributed by atoms with Crippen LogP contribution in [0.5, 0.6) is 0 Å². The number of hydrogen-bond acceptors (Lipinski definition) is 5. The fourth-order valence-electron chi connectivity index (χ4n) is 2.19. The molecule has 8 heteroatoms. The van der Waals surface area contributed by atoms with Crippen LogP contribution < -0.4 is 10.6 Å². The van der Waals surface area contributed by atoms with Crippen LogP contribution in [0.25, 0.3) is 0 Å². The van der Waals surface area contributed by atoms with Crippen molar-refractivity contribution in [3.05, 3.63) is 11.6 Å². The number of guanidine groups is 1. The Kier molecular flexibility index (Phi) is 10.2. The molecule has 1 aromatic rings. The number of thiazole rings is 1. The van der Waals surface area contributed by atoms with Crippen molar-refractivity contribution in [1.29, 1.82) is 0 Å². The summed E-state index contributed by atoms with van der Waals surface area (Å²) >= 11 is 5.60. The number of rotatable bonds is 7. The van der Waals surface area contributed by atoms with Crippen LogP contribution in [0, 0.1) is 0 Å². The van der Waals surface area contributed by atoms with Gasteiger partial charge in [-0.15, -0.1) is 35.3 Å². The van der Waals surface area contributed by atoms with Crippen molar-refractivity contribution in [2.75, 3.05) is 31.6 Å². The zero-order valence-electron chi connectivity index (χ0n) is 13.1. The van der Waals surface area contributed by atoms with Crippen LogP contribution in [-0.4, -0.2) is 47.3 Å². The first kappa shape index (κ1) is 20.4. The average molecular weight is 472 g/mol. The molecular weight excluding hydrogens is 447 g/mol. The van der Waals surface area contributed by atoms with E-state index in [1.807, 2.05) is 30.4 Å². The monoisotopic (exact) mass is 472 g/mol. The molecule has 126 valence electrons. The van der Waals surface area contributed by atoms with Gasteiger partial charge in [-0.2, -0.15) is 11.8 Å². The summed E-state index contributed by atoms with van der Waals surface area (Å²) in [5, 5.41) is 8.87. The molecule has 0 aliphatic carbocycles. The van der Waals surface area contributed by atoms with E-state index < -0.39 is 0 Å². The SMILES string of the molecule is CN=C(NCCCSc1nccs1)NCC1(C)CCCS1.I. The van der Waals surface area contributed by atoms with Crippen molar-refractivity contribution >= 4 is 64.8 Å². The summed E-state index contributed by atoms with van der Waals surface area (Å²) in [6, 6.07) is 0. The molecule has 2 rings (SSSR count). The van der Waals surface area contributed by atoms with E-state index in [-0.39, 0.29) is 24.0 Å². The van der Waals surface area contributed by atoms with Crippen LogP contribution in [0.15, 0.2) is 20.9 Å². The maximum atomic E-state index is 4.30. The molecule has 0 radical (unpaired) electrons. The van der Waals surface area contributed by atoms with Crippen molar-refractivity contribution in [3.8, 4) is 0 Å². The minimum absolute atomic E-state index is 0. The molecule has 1 aromatic heterocycles. The molecule has 0 spiro atoms. The lowest BCUT2D eigenvalue weighted by atomic mass is 10.1. The Morgan fingerprint density at radius 1 is 1.50 bits per heavy atom. The lowest BCUT2D eigenvalue weighted by Crippen LogP contribution is -2.43. The highest BCUT2D eigenvalue weighted by molar-refractivity contribution is 14.0. The van der Waals surface area contributed by atoms with E-state index in [1.54, 1.807) is 11.3 Å². The summed E-state index contributed by atoms with van der Waals surface area (Å²) in [4.78, 5) is 8.56. The second-order valence-corrected chi connectivity index (χ2v) is 9.17. The van der Waals surface area contributed by atoms with Crippen molar-refractivity contribution in [2.24, 2.45) is 4.99 Å². The second-order valence-electron chi connectivity index (χ2n) is 5.25. The summed E-state index contributed by atoms with van der Waals surface area (Å²) < 4.78 is 1.53. The fourth-order valence-corrected chi connectivity index (χ4v) is 5.08. The maximum absolute atomic E-state index is 4.30. The number of aromatic nitrogens is 1. The number of thioether (sulfide) groups is 2. The van der Waals surface area contributed by atoms with Gasteiger partial charge in [-0.05, 0) is 31.9 Å². The largest absolute Gasteiger partial charge is 0.356 e. The third-order valence-electron chi connectivity index (χ3n) is 3.40. The molecule has 0 aromatic carbocycles. The van der Waals surface area contributed by atoms with Gasteiger partial charge >= 0.3 is 0 Å². The van der Waals surface area contributed by atoms with Crippen LogP contribution in [0.1, 0.15) is 26.2 Å². The molecule has 1 unspecified atom stereocenters.